The molecule has 0 aromatic carbocycles. The third-order valence-electron chi connectivity index (χ3n) is 3.65. The first-order valence-electron chi connectivity index (χ1n) is 7.44. The zero-order valence-corrected chi connectivity index (χ0v) is 14.0. The SMILES string of the molecule is CC(=O)c1sc(N(C(=O)Cn2ccc(C(=O)O)n2)C2CC2)nc1C. The van der Waals surface area contributed by atoms with Crippen molar-refractivity contribution in [1.82, 2.24) is 14.8 Å². The minimum Gasteiger partial charge on any atom is -0.476 e. The van der Waals surface area contributed by atoms with Crippen molar-refractivity contribution in [2.75, 3.05) is 4.90 Å². The molecule has 1 N–H and O–H groups in total. The fourth-order valence-electron chi connectivity index (χ4n) is 2.39. The highest BCUT2D eigenvalue weighted by Gasteiger charge is 2.36. The summed E-state index contributed by atoms with van der Waals surface area (Å²) in [6.45, 7) is 3.15. The number of carboxylic acids is 1. The Labute approximate surface area is 141 Å². The largest absolute Gasteiger partial charge is 0.476 e. The summed E-state index contributed by atoms with van der Waals surface area (Å²) in [7, 11) is 0. The van der Waals surface area contributed by atoms with Crippen molar-refractivity contribution in [2.45, 2.75) is 39.3 Å². The van der Waals surface area contributed by atoms with E-state index in [1.807, 2.05) is 0 Å². The summed E-state index contributed by atoms with van der Waals surface area (Å²) in [6, 6.07) is 1.43. The number of Topliss-reactive ketones (excluding diaryl/α,β-unsaturated/α-hetero) is 1. The highest BCUT2D eigenvalue weighted by Crippen LogP contribution is 2.35. The van der Waals surface area contributed by atoms with Gasteiger partial charge in [-0.15, -0.1) is 0 Å². The van der Waals surface area contributed by atoms with Gasteiger partial charge in [-0.2, -0.15) is 5.10 Å². The Morgan fingerprint density at radius 1 is 1.42 bits per heavy atom. The molecule has 0 spiro atoms. The fraction of sp³-hybridized carbons (Fsp3) is 0.400. The van der Waals surface area contributed by atoms with E-state index in [0.29, 0.717) is 15.7 Å². The van der Waals surface area contributed by atoms with Crippen molar-refractivity contribution >= 4 is 34.1 Å². The number of thiazole rings is 1. The average molecular weight is 348 g/mol. The third kappa shape index (κ3) is 3.21. The topological polar surface area (TPSA) is 105 Å². The lowest BCUT2D eigenvalue weighted by Crippen LogP contribution is -2.36. The third-order valence-corrected chi connectivity index (χ3v) is 4.91. The Morgan fingerprint density at radius 2 is 2.12 bits per heavy atom. The van der Waals surface area contributed by atoms with Crippen LogP contribution in [0.2, 0.25) is 0 Å². The normalized spacial score (nSPS) is 13.8. The molecule has 0 saturated heterocycles. The van der Waals surface area contributed by atoms with Crippen LogP contribution in [0.4, 0.5) is 5.13 Å². The van der Waals surface area contributed by atoms with E-state index in [-0.39, 0.29) is 30.0 Å². The van der Waals surface area contributed by atoms with Crippen LogP contribution in [0.3, 0.4) is 0 Å². The van der Waals surface area contributed by atoms with Gasteiger partial charge in [0.25, 0.3) is 5.91 Å². The number of aryl methyl sites for hydroxylation is 1. The van der Waals surface area contributed by atoms with Gasteiger partial charge in [-0.1, -0.05) is 11.3 Å². The van der Waals surface area contributed by atoms with E-state index < -0.39 is 5.97 Å². The number of carbonyl (C=O) groups excluding carboxylic acids is 2. The minimum atomic E-state index is -1.14. The summed E-state index contributed by atoms with van der Waals surface area (Å²) in [5, 5.41) is 13.3. The van der Waals surface area contributed by atoms with Crippen molar-refractivity contribution in [1.29, 1.82) is 0 Å². The van der Waals surface area contributed by atoms with Gasteiger partial charge < -0.3 is 5.11 Å². The first-order valence-corrected chi connectivity index (χ1v) is 8.25. The molecule has 9 heteroatoms. The number of amides is 1. The highest BCUT2D eigenvalue weighted by molar-refractivity contribution is 7.17. The predicted molar refractivity (Wildman–Crippen MR) is 86.5 cm³/mol. The number of aromatic carboxylic acids is 1. The Bertz CT molecular complexity index is 821. The van der Waals surface area contributed by atoms with Gasteiger partial charge in [0, 0.05) is 19.2 Å². The van der Waals surface area contributed by atoms with Crippen molar-refractivity contribution in [2.24, 2.45) is 0 Å². The lowest BCUT2D eigenvalue weighted by molar-refractivity contribution is -0.119. The number of rotatable bonds is 6. The maximum atomic E-state index is 12.7. The van der Waals surface area contributed by atoms with E-state index in [2.05, 4.69) is 10.1 Å². The van der Waals surface area contributed by atoms with Gasteiger partial charge in [0.05, 0.1) is 10.6 Å². The smallest absolute Gasteiger partial charge is 0.356 e. The van der Waals surface area contributed by atoms with Gasteiger partial charge in [0.1, 0.15) is 6.54 Å². The van der Waals surface area contributed by atoms with E-state index in [4.69, 9.17) is 5.11 Å². The summed E-state index contributed by atoms with van der Waals surface area (Å²) < 4.78 is 1.30. The second-order valence-corrected chi connectivity index (χ2v) is 6.64. The maximum Gasteiger partial charge on any atom is 0.356 e. The average Bonchev–Trinajstić information content (AvgIpc) is 3.07. The lowest BCUT2D eigenvalue weighted by Gasteiger charge is -2.19. The van der Waals surface area contributed by atoms with Gasteiger partial charge in [-0.3, -0.25) is 19.2 Å². The Morgan fingerprint density at radius 3 is 2.62 bits per heavy atom. The molecule has 1 aliphatic rings. The Balaban J connectivity index is 1.82. The zero-order valence-electron chi connectivity index (χ0n) is 13.2. The summed E-state index contributed by atoms with van der Waals surface area (Å²) >= 11 is 1.21. The van der Waals surface area contributed by atoms with Crippen LogP contribution in [0.15, 0.2) is 12.3 Å². The Hall–Kier alpha value is -2.55. The van der Waals surface area contributed by atoms with Crippen LogP contribution in [-0.4, -0.2) is 43.6 Å². The lowest BCUT2D eigenvalue weighted by atomic mass is 10.3. The number of anilines is 1. The van der Waals surface area contributed by atoms with Crippen molar-refractivity contribution in [3.8, 4) is 0 Å². The number of aromatic nitrogens is 3. The van der Waals surface area contributed by atoms with Crippen LogP contribution in [-0.2, 0) is 11.3 Å². The quantitative estimate of drug-likeness (QED) is 0.797. The van der Waals surface area contributed by atoms with Crippen LogP contribution < -0.4 is 4.90 Å². The maximum absolute atomic E-state index is 12.7. The first kappa shape index (κ1) is 16.3. The first-order chi connectivity index (χ1) is 11.4. The minimum absolute atomic E-state index is 0.0716. The van der Waals surface area contributed by atoms with Crippen molar-refractivity contribution < 1.29 is 19.5 Å². The fourth-order valence-corrected chi connectivity index (χ4v) is 3.44. The number of hydrogen-bond donors (Lipinski definition) is 1. The van der Waals surface area contributed by atoms with E-state index in [1.165, 1.54) is 35.2 Å². The zero-order chi connectivity index (χ0) is 17.4. The molecule has 3 rings (SSSR count). The predicted octanol–water partition coefficient (Wildman–Crippen LogP) is 1.74. The van der Waals surface area contributed by atoms with Gasteiger partial charge in [-0.25, -0.2) is 9.78 Å². The monoisotopic (exact) mass is 348 g/mol. The molecule has 1 saturated carbocycles. The second kappa shape index (κ2) is 6.16. The molecule has 2 aromatic heterocycles. The number of ketones is 1. The standard InChI is InChI=1S/C15H16N4O4S/c1-8-13(9(2)20)24-15(16-8)19(10-3-4-10)12(21)7-18-6-5-11(17-18)14(22)23/h5-6,10H,3-4,7H2,1-2H3,(H,22,23). The summed E-state index contributed by atoms with van der Waals surface area (Å²) in [5.74, 6) is -1.43. The molecular weight excluding hydrogens is 332 g/mol. The molecule has 126 valence electrons. The molecule has 0 unspecified atom stereocenters. The molecule has 0 radical (unpaired) electrons. The van der Waals surface area contributed by atoms with Crippen LogP contribution in [0.1, 0.15) is 45.6 Å². The van der Waals surface area contributed by atoms with E-state index in [9.17, 15) is 14.4 Å². The molecule has 2 aromatic rings. The van der Waals surface area contributed by atoms with E-state index in [0.717, 1.165) is 12.8 Å². The molecule has 0 bridgehead atoms. The summed E-state index contributed by atoms with van der Waals surface area (Å²) in [6.07, 6.45) is 3.24. The number of carbonyl (C=O) groups is 3. The number of hydrogen-bond acceptors (Lipinski definition) is 6. The van der Waals surface area contributed by atoms with Gasteiger partial charge >= 0.3 is 5.97 Å². The molecule has 24 heavy (non-hydrogen) atoms. The molecule has 2 heterocycles. The van der Waals surface area contributed by atoms with Gasteiger partial charge in [-0.05, 0) is 25.8 Å². The Kier molecular flexibility index (Phi) is 4.18. The second-order valence-electron chi connectivity index (χ2n) is 5.67. The van der Waals surface area contributed by atoms with Crippen molar-refractivity contribution in [3.05, 3.63) is 28.5 Å². The van der Waals surface area contributed by atoms with Gasteiger partial charge in [0.2, 0.25) is 0 Å². The molecule has 0 atom stereocenters. The number of carboxylic acid groups (broad SMARTS) is 1. The summed E-state index contributed by atoms with van der Waals surface area (Å²) in [4.78, 5) is 41.7. The van der Waals surface area contributed by atoms with Crippen LogP contribution in [0, 0.1) is 6.92 Å². The molecule has 1 amide bonds. The van der Waals surface area contributed by atoms with E-state index in [1.54, 1.807) is 11.8 Å². The molecular formula is C15H16N4O4S. The molecule has 1 aliphatic carbocycles. The summed E-state index contributed by atoms with van der Waals surface area (Å²) in [5.41, 5.74) is 0.512. The van der Waals surface area contributed by atoms with Crippen LogP contribution in [0.5, 0.6) is 0 Å². The molecule has 0 aliphatic heterocycles. The van der Waals surface area contributed by atoms with E-state index >= 15 is 0 Å². The van der Waals surface area contributed by atoms with Crippen LogP contribution in [0.25, 0.3) is 0 Å². The van der Waals surface area contributed by atoms with Gasteiger partial charge in [0.15, 0.2) is 16.6 Å². The number of nitrogens with zero attached hydrogens (tertiary/aromatic N) is 4. The molecule has 1 fully saturated rings. The van der Waals surface area contributed by atoms with Crippen LogP contribution >= 0.6 is 11.3 Å². The van der Waals surface area contributed by atoms with Crippen molar-refractivity contribution in [3.63, 3.8) is 0 Å². The highest BCUT2D eigenvalue weighted by atomic mass is 32.1. The molecule has 8 nitrogen and oxygen atoms in total.